The van der Waals surface area contributed by atoms with Gasteiger partial charge in [0.1, 0.15) is 5.54 Å². The predicted molar refractivity (Wildman–Crippen MR) is 91.7 cm³/mol. The minimum absolute atomic E-state index is 0. The molecule has 8 heteroatoms. The lowest BCUT2D eigenvalue weighted by atomic mass is 9.91. The number of nitrogens with one attached hydrogen (secondary N) is 3. The van der Waals surface area contributed by atoms with Crippen molar-refractivity contribution in [1.82, 2.24) is 10.6 Å². The first-order valence-electron chi connectivity index (χ1n) is 7.68. The van der Waals surface area contributed by atoms with Crippen LogP contribution in [0.1, 0.15) is 38.2 Å². The summed E-state index contributed by atoms with van der Waals surface area (Å²) in [6, 6.07) is 6.35. The van der Waals surface area contributed by atoms with Crippen molar-refractivity contribution in [2.75, 3.05) is 5.32 Å². The highest BCUT2D eigenvalue weighted by atomic mass is 35.5. The minimum atomic E-state index is -1.15. The zero-order chi connectivity index (χ0) is 16.7. The minimum Gasteiger partial charge on any atom is -0.324 e. The normalized spacial score (nSPS) is 24.8. The zero-order valence-electron chi connectivity index (χ0n) is 13.3. The van der Waals surface area contributed by atoms with Crippen molar-refractivity contribution < 1.29 is 14.4 Å². The van der Waals surface area contributed by atoms with Crippen LogP contribution in [-0.2, 0) is 15.1 Å². The van der Waals surface area contributed by atoms with E-state index in [1.54, 1.807) is 31.2 Å². The molecule has 2 aliphatic rings. The number of urea groups is 1. The number of nitrogens with two attached hydrogens (primary N) is 1. The molecule has 1 saturated heterocycles. The van der Waals surface area contributed by atoms with Crippen LogP contribution in [0.5, 0.6) is 0 Å². The van der Waals surface area contributed by atoms with Gasteiger partial charge in [0.2, 0.25) is 5.91 Å². The first kappa shape index (κ1) is 18.2. The number of halogens is 1. The third kappa shape index (κ3) is 3.09. The van der Waals surface area contributed by atoms with Crippen molar-refractivity contribution in [2.24, 2.45) is 5.73 Å². The molecule has 24 heavy (non-hydrogen) atoms. The Balaban J connectivity index is 0.00000208. The molecule has 3 rings (SSSR count). The molecule has 0 aromatic heterocycles. The molecular formula is C16H21ClN4O3. The molecule has 0 bridgehead atoms. The molecule has 1 aromatic carbocycles. The van der Waals surface area contributed by atoms with Gasteiger partial charge in [0, 0.05) is 5.69 Å². The lowest BCUT2D eigenvalue weighted by molar-refractivity contribution is -0.123. The topological polar surface area (TPSA) is 113 Å². The lowest BCUT2D eigenvalue weighted by Crippen LogP contribution is -2.48. The highest BCUT2D eigenvalue weighted by Gasteiger charge is 2.43. The Kier molecular flexibility index (Phi) is 4.87. The van der Waals surface area contributed by atoms with Crippen molar-refractivity contribution in [3.05, 3.63) is 29.8 Å². The van der Waals surface area contributed by atoms with E-state index in [4.69, 9.17) is 5.73 Å². The number of hydrogen-bond donors (Lipinski definition) is 4. The summed E-state index contributed by atoms with van der Waals surface area (Å²) in [5, 5.41) is 7.65. The van der Waals surface area contributed by atoms with Crippen LogP contribution in [0.2, 0.25) is 0 Å². The molecule has 130 valence electrons. The number of anilines is 1. The summed E-state index contributed by atoms with van der Waals surface area (Å²) in [7, 11) is 0. The number of rotatable bonds is 3. The van der Waals surface area contributed by atoms with Gasteiger partial charge in [-0.25, -0.2) is 4.79 Å². The number of hydrogen-bond acceptors (Lipinski definition) is 4. The van der Waals surface area contributed by atoms with Crippen molar-refractivity contribution in [3.8, 4) is 0 Å². The average Bonchev–Trinajstić information content (AvgIpc) is 3.05. The summed E-state index contributed by atoms with van der Waals surface area (Å²) in [5.41, 5.74) is 5.32. The zero-order valence-corrected chi connectivity index (χ0v) is 14.2. The fourth-order valence-electron chi connectivity index (χ4n) is 3.14. The van der Waals surface area contributed by atoms with Crippen molar-refractivity contribution >= 4 is 35.9 Å². The molecule has 1 aliphatic heterocycles. The highest BCUT2D eigenvalue weighted by molar-refractivity contribution is 6.07. The van der Waals surface area contributed by atoms with E-state index in [9.17, 15) is 14.4 Å². The Hall–Kier alpha value is -2.12. The van der Waals surface area contributed by atoms with Crippen molar-refractivity contribution in [2.45, 2.75) is 43.7 Å². The maximum atomic E-state index is 12.4. The summed E-state index contributed by atoms with van der Waals surface area (Å²) < 4.78 is 0. The SMILES string of the molecule is CC1(c2cccc(NC(=O)C3(N)CCCC3)c2)NC(=O)NC1=O.Cl. The summed E-state index contributed by atoms with van der Waals surface area (Å²) in [6.45, 7) is 1.62. The maximum absolute atomic E-state index is 12.4. The largest absolute Gasteiger partial charge is 0.324 e. The van der Waals surface area contributed by atoms with E-state index in [1.165, 1.54) is 0 Å². The van der Waals surface area contributed by atoms with Gasteiger partial charge in [0.15, 0.2) is 0 Å². The Morgan fingerprint density at radius 3 is 2.50 bits per heavy atom. The van der Waals surface area contributed by atoms with Gasteiger partial charge < -0.3 is 16.4 Å². The lowest BCUT2D eigenvalue weighted by Gasteiger charge is -2.24. The van der Waals surface area contributed by atoms with E-state index in [0.717, 1.165) is 12.8 Å². The highest BCUT2D eigenvalue weighted by Crippen LogP contribution is 2.30. The standard InChI is InChI=1S/C16H20N4O3.ClH/c1-15(12(21)19-14(23)20-15)10-5-4-6-11(9-10)18-13(22)16(17)7-2-3-8-16;/h4-6,9H,2-3,7-8,17H2,1H3,(H,18,22)(H2,19,20,21,23);1H. The Morgan fingerprint density at radius 2 is 1.92 bits per heavy atom. The van der Waals surface area contributed by atoms with Gasteiger partial charge in [-0.3, -0.25) is 14.9 Å². The van der Waals surface area contributed by atoms with E-state index in [-0.39, 0.29) is 18.3 Å². The Labute approximate surface area is 146 Å². The molecule has 1 aliphatic carbocycles. The van der Waals surface area contributed by atoms with Gasteiger partial charge in [-0.2, -0.15) is 0 Å². The number of amides is 4. The van der Waals surface area contributed by atoms with Gasteiger partial charge >= 0.3 is 6.03 Å². The van der Waals surface area contributed by atoms with E-state index >= 15 is 0 Å². The second-order valence-corrected chi connectivity index (χ2v) is 6.43. The van der Waals surface area contributed by atoms with Crippen LogP contribution in [0.15, 0.2) is 24.3 Å². The maximum Gasteiger partial charge on any atom is 0.322 e. The molecule has 0 spiro atoms. The van der Waals surface area contributed by atoms with Crippen LogP contribution in [0.25, 0.3) is 0 Å². The van der Waals surface area contributed by atoms with Crippen molar-refractivity contribution in [3.63, 3.8) is 0 Å². The number of benzene rings is 1. The summed E-state index contributed by atoms with van der Waals surface area (Å²) in [6.07, 6.45) is 3.26. The number of imide groups is 1. The fourth-order valence-corrected chi connectivity index (χ4v) is 3.14. The Bertz CT molecular complexity index is 688. The molecule has 0 radical (unpaired) electrons. The summed E-state index contributed by atoms with van der Waals surface area (Å²) in [5.74, 6) is -0.630. The molecule has 1 heterocycles. The smallest absolute Gasteiger partial charge is 0.322 e. The third-order valence-corrected chi connectivity index (χ3v) is 4.69. The molecular weight excluding hydrogens is 332 g/mol. The second kappa shape index (κ2) is 6.41. The molecule has 2 fully saturated rings. The Morgan fingerprint density at radius 1 is 1.25 bits per heavy atom. The predicted octanol–water partition coefficient (Wildman–Crippen LogP) is 1.37. The van der Waals surface area contributed by atoms with Crippen molar-refractivity contribution in [1.29, 1.82) is 0 Å². The van der Waals surface area contributed by atoms with Gasteiger partial charge in [-0.05, 0) is 37.5 Å². The molecule has 5 N–H and O–H groups in total. The molecule has 7 nitrogen and oxygen atoms in total. The van der Waals surface area contributed by atoms with Crippen LogP contribution in [0, 0.1) is 0 Å². The van der Waals surface area contributed by atoms with Crippen LogP contribution in [-0.4, -0.2) is 23.4 Å². The molecule has 4 amide bonds. The quantitative estimate of drug-likeness (QED) is 0.615. The summed E-state index contributed by atoms with van der Waals surface area (Å²) in [4.78, 5) is 35.8. The molecule has 1 aromatic rings. The van der Waals surface area contributed by atoms with Gasteiger partial charge in [-0.15, -0.1) is 12.4 Å². The van der Waals surface area contributed by atoms with Crippen LogP contribution >= 0.6 is 12.4 Å². The molecule has 1 atom stereocenters. The number of carbonyl (C=O) groups is 3. The van der Waals surface area contributed by atoms with Gasteiger partial charge in [0.25, 0.3) is 5.91 Å². The number of carbonyl (C=O) groups excluding carboxylic acids is 3. The van der Waals surface area contributed by atoms with Gasteiger partial charge in [0.05, 0.1) is 5.54 Å². The third-order valence-electron chi connectivity index (χ3n) is 4.69. The molecule has 1 saturated carbocycles. The van der Waals surface area contributed by atoms with Gasteiger partial charge in [-0.1, -0.05) is 25.0 Å². The van der Waals surface area contributed by atoms with E-state index in [2.05, 4.69) is 16.0 Å². The first-order chi connectivity index (χ1) is 10.8. The van der Waals surface area contributed by atoms with E-state index in [1.807, 2.05) is 0 Å². The monoisotopic (exact) mass is 352 g/mol. The summed E-state index contributed by atoms with van der Waals surface area (Å²) >= 11 is 0. The van der Waals surface area contributed by atoms with Crippen LogP contribution in [0.3, 0.4) is 0 Å². The van der Waals surface area contributed by atoms with E-state index < -0.39 is 23.0 Å². The second-order valence-electron chi connectivity index (χ2n) is 6.43. The van der Waals surface area contributed by atoms with E-state index in [0.29, 0.717) is 24.1 Å². The first-order valence-corrected chi connectivity index (χ1v) is 7.68. The molecule has 1 unspecified atom stereocenters. The average molecular weight is 353 g/mol. The fraction of sp³-hybridized carbons (Fsp3) is 0.438. The van der Waals surface area contributed by atoms with Crippen LogP contribution in [0.4, 0.5) is 10.5 Å². The van der Waals surface area contributed by atoms with Crippen LogP contribution < -0.4 is 21.7 Å².